The normalized spacial score (nSPS) is 11.4. The molecule has 0 aliphatic carbocycles. The first-order valence-corrected chi connectivity index (χ1v) is 6.08. The number of hydrogen-bond donors (Lipinski definition) is 0. The van der Waals surface area contributed by atoms with Gasteiger partial charge in [-0.15, -0.1) is 0 Å². The summed E-state index contributed by atoms with van der Waals surface area (Å²) in [5, 5.41) is 0. The molecule has 0 N–H and O–H groups in total. The van der Waals surface area contributed by atoms with Gasteiger partial charge in [-0.25, -0.2) is 0 Å². The average molecular weight is 324 g/mol. The molecule has 0 bridgehead atoms. The number of nitrogens with zero attached hydrogens (tertiary/aromatic N) is 1. The number of anilines is 1. The Balaban J connectivity index is 2.91. The van der Waals surface area contributed by atoms with E-state index in [9.17, 15) is 18.0 Å². The molecule has 0 aliphatic rings. The highest BCUT2D eigenvalue weighted by atomic mass is 79.9. The third-order valence-corrected chi connectivity index (χ3v) is 2.97. The highest BCUT2D eigenvalue weighted by molar-refractivity contribution is 9.10. The van der Waals surface area contributed by atoms with Crippen LogP contribution in [-0.4, -0.2) is 25.6 Å². The van der Waals surface area contributed by atoms with Crippen molar-refractivity contribution < 1.29 is 18.0 Å². The van der Waals surface area contributed by atoms with Gasteiger partial charge in [-0.05, 0) is 25.1 Å². The molecule has 0 radical (unpaired) electrons. The highest BCUT2D eigenvalue weighted by Crippen LogP contribution is 2.26. The van der Waals surface area contributed by atoms with Crippen LogP contribution in [0.25, 0.3) is 0 Å². The van der Waals surface area contributed by atoms with Gasteiger partial charge in [0.1, 0.15) is 0 Å². The quantitative estimate of drug-likeness (QED) is 0.779. The number of hydrogen-bond acceptors (Lipinski definition) is 2. The molecule has 0 heterocycles. The maximum Gasteiger partial charge on any atom is 0.390 e. The first-order valence-electron chi connectivity index (χ1n) is 5.29. The molecule has 0 saturated heterocycles. The van der Waals surface area contributed by atoms with Gasteiger partial charge in [0.15, 0.2) is 5.78 Å². The van der Waals surface area contributed by atoms with E-state index in [1.54, 1.807) is 25.2 Å². The number of halogens is 4. The van der Waals surface area contributed by atoms with Crippen molar-refractivity contribution in [1.29, 1.82) is 0 Å². The number of carbonyl (C=O) groups excluding carboxylic acids is 1. The van der Waals surface area contributed by atoms with Gasteiger partial charge in [-0.1, -0.05) is 15.9 Å². The molecule has 0 aliphatic heterocycles. The number of alkyl halides is 3. The molecule has 100 valence electrons. The number of rotatable bonds is 4. The third-order valence-electron chi connectivity index (χ3n) is 2.48. The molecule has 0 saturated carbocycles. The minimum absolute atomic E-state index is 0.175. The van der Waals surface area contributed by atoms with Crippen LogP contribution in [0.4, 0.5) is 18.9 Å². The van der Waals surface area contributed by atoms with Gasteiger partial charge in [0, 0.05) is 29.3 Å². The minimum Gasteiger partial charge on any atom is -0.374 e. The van der Waals surface area contributed by atoms with Gasteiger partial charge in [0.2, 0.25) is 0 Å². The van der Waals surface area contributed by atoms with Crippen LogP contribution in [0.2, 0.25) is 0 Å². The molecule has 18 heavy (non-hydrogen) atoms. The molecule has 0 atom stereocenters. The maximum atomic E-state index is 12.2. The third kappa shape index (κ3) is 4.33. The Morgan fingerprint density at radius 1 is 1.39 bits per heavy atom. The summed E-state index contributed by atoms with van der Waals surface area (Å²) in [6.07, 6.45) is -5.10. The van der Waals surface area contributed by atoms with E-state index < -0.39 is 12.6 Å². The van der Waals surface area contributed by atoms with Crippen LogP contribution in [-0.2, 0) is 0 Å². The lowest BCUT2D eigenvalue weighted by Crippen LogP contribution is -2.25. The van der Waals surface area contributed by atoms with Crippen molar-refractivity contribution in [3.8, 4) is 0 Å². The van der Waals surface area contributed by atoms with Crippen LogP contribution in [0.5, 0.6) is 0 Å². The SMILES string of the molecule is CC(=O)c1cc(Br)ccc1N(C)CCC(F)(F)F. The van der Waals surface area contributed by atoms with E-state index in [2.05, 4.69) is 15.9 Å². The lowest BCUT2D eigenvalue weighted by Gasteiger charge is -2.22. The lowest BCUT2D eigenvalue weighted by atomic mass is 10.1. The zero-order valence-electron chi connectivity index (χ0n) is 10.0. The summed E-state index contributed by atoms with van der Waals surface area (Å²) in [5.74, 6) is -0.176. The fraction of sp³-hybridized carbons (Fsp3) is 0.417. The standard InChI is InChI=1S/C12H13BrF3NO/c1-8(18)10-7-9(13)3-4-11(10)17(2)6-5-12(14,15)16/h3-4,7H,5-6H2,1-2H3. The van der Waals surface area contributed by atoms with E-state index in [1.807, 2.05) is 0 Å². The zero-order chi connectivity index (χ0) is 13.9. The fourth-order valence-corrected chi connectivity index (χ4v) is 1.90. The van der Waals surface area contributed by atoms with Crippen LogP contribution in [0.15, 0.2) is 22.7 Å². The summed E-state index contributed by atoms with van der Waals surface area (Å²) < 4.78 is 37.2. The van der Waals surface area contributed by atoms with E-state index in [1.165, 1.54) is 11.8 Å². The monoisotopic (exact) mass is 323 g/mol. The lowest BCUT2D eigenvalue weighted by molar-refractivity contribution is -0.132. The van der Waals surface area contributed by atoms with Crippen molar-refractivity contribution in [2.24, 2.45) is 0 Å². The smallest absolute Gasteiger partial charge is 0.374 e. The van der Waals surface area contributed by atoms with Crippen molar-refractivity contribution >= 4 is 27.4 Å². The van der Waals surface area contributed by atoms with Gasteiger partial charge < -0.3 is 4.90 Å². The molecule has 0 fully saturated rings. The Morgan fingerprint density at radius 3 is 2.50 bits per heavy atom. The van der Waals surface area contributed by atoms with Crippen LogP contribution >= 0.6 is 15.9 Å². The second-order valence-corrected chi connectivity index (χ2v) is 4.92. The fourth-order valence-electron chi connectivity index (χ4n) is 1.54. The number of carbonyl (C=O) groups is 1. The van der Waals surface area contributed by atoms with Crippen molar-refractivity contribution in [3.63, 3.8) is 0 Å². The van der Waals surface area contributed by atoms with E-state index in [0.717, 1.165) is 4.47 Å². The summed E-state index contributed by atoms with van der Waals surface area (Å²) >= 11 is 3.23. The molecule has 0 aromatic heterocycles. The van der Waals surface area contributed by atoms with Crippen molar-refractivity contribution in [2.75, 3.05) is 18.5 Å². The number of Topliss-reactive ketones (excluding diaryl/α,β-unsaturated/α-hetero) is 1. The molecular weight excluding hydrogens is 311 g/mol. The predicted molar refractivity (Wildman–Crippen MR) is 68.1 cm³/mol. The largest absolute Gasteiger partial charge is 0.390 e. The van der Waals surface area contributed by atoms with Gasteiger partial charge in [0.05, 0.1) is 6.42 Å². The van der Waals surface area contributed by atoms with Gasteiger partial charge in [-0.2, -0.15) is 13.2 Å². The van der Waals surface area contributed by atoms with E-state index in [0.29, 0.717) is 11.3 Å². The Hall–Kier alpha value is -1.04. The molecule has 0 unspecified atom stereocenters. The molecule has 1 rings (SSSR count). The van der Waals surface area contributed by atoms with Crippen LogP contribution in [0.1, 0.15) is 23.7 Å². The number of ketones is 1. The summed E-state index contributed by atoms with van der Waals surface area (Å²) in [4.78, 5) is 12.9. The summed E-state index contributed by atoms with van der Waals surface area (Å²) in [6, 6.07) is 4.95. The molecule has 0 amide bonds. The first kappa shape index (κ1) is 15.0. The molecule has 1 aromatic rings. The summed E-state index contributed by atoms with van der Waals surface area (Å²) in [5.41, 5.74) is 0.920. The van der Waals surface area contributed by atoms with E-state index in [-0.39, 0.29) is 12.3 Å². The second-order valence-electron chi connectivity index (χ2n) is 4.00. The minimum atomic E-state index is -4.19. The van der Waals surface area contributed by atoms with E-state index >= 15 is 0 Å². The zero-order valence-corrected chi connectivity index (χ0v) is 11.6. The Labute approximate surface area is 112 Å². The Bertz CT molecular complexity index is 445. The molecular formula is C12H13BrF3NO. The molecule has 0 spiro atoms. The van der Waals surface area contributed by atoms with E-state index in [4.69, 9.17) is 0 Å². The van der Waals surface area contributed by atoms with Gasteiger partial charge in [-0.3, -0.25) is 4.79 Å². The molecule has 2 nitrogen and oxygen atoms in total. The Morgan fingerprint density at radius 2 is 2.00 bits per heavy atom. The number of benzene rings is 1. The average Bonchev–Trinajstić information content (AvgIpc) is 2.24. The van der Waals surface area contributed by atoms with Crippen molar-refractivity contribution in [1.82, 2.24) is 0 Å². The molecule has 1 aromatic carbocycles. The van der Waals surface area contributed by atoms with Crippen LogP contribution in [0.3, 0.4) is 0 Å². The topological polar surface area (TPSA) is 20.3 Å². The second kappa shape index (κ2) is 5.73. The first-order chi connectivity index (χ1) is 8.20. The highest BCUT2D eigenvalue weighted by Gasteiger charge is 2.27. The van der Waals surface area contributed by atoms with Gasteiger partial charge in [0.25, 0.3) is 0 Å². The molecule has 6 heteroatoms. The van der Waals surface area contributed by atoms with Crippen molar-refractivity contribution in [3.05, 3.63) is 28.2 Å². The van der Waals surface area contributed by atoms with Crippen molar-refractivity contribution in [2.45, 2.75) is 19.5 Å². The Kier molecular flexibility index (Phi) is 4.78. The van der Waals surface area contributed by atoms with Crippen LogP contribution in [0, 0.1) is 0 Å². The van der Waals surface area contributed by atoms with Crippen LogP contribution < -0.4 is 4.90 Å². The van der Waals surface area contributed by atoms with Gasteiger partial charge >= 0.3 is 6.18 Å². The summed E-state index contributed by atoms with van der Waals surface area (Å²) in [6.45, 7) is 1.22. The maximum absolute atomic E-state index is 12.2. The summed E-state index contributed by atoms with van der Waals surface area (Å²) in [7, 11) is 1.54. The predicted octanol–water partition coefficient (Wildman–Crippen LogP) is 4.04.